The van der Waals surface area contributed by atoms with Gasteiger partial charge in [0.25, 0.3) is 0 Å². The Hall–Kier alpha value is -1.49. The lowest BCUT2D eigenvalue weighted by atomic mass is 10.1. The lowest BCUT2D eigenvalue weighted by molar-refractivity contribution is -0.120. The molecule has 0 radical (unpaired) electrons. The van der Waals surface area contributed by atoms with Crippen molar-refractivity contribution in [2.45, 2.75) is 38.5 Å². The third-order valence-electron chi connectivity index (χ3n) is 2.94. The summed E-state index contributed by atoms with van der Waals surface area (Å²) in [6.45, 7) is 4.53. The van der Waals surface area contributed by atoms with Crippen LogP contribution in [0.2, 0.25) is 0 Å². The van der Waals surface area contributed by atoms with Crippen molar-refractivity contribution < 1.29 is 9.59 Å². The van der Waals surface area contributed by atoms with Gasteiger partial charge in [0.1, 0.15) is 0 Å². The third-order valence-corrected chi connectivity index (χ3v) is 4.18. The molecule has 1 atom stereocenters. The van der Waals surface area contributed by atoms with Gasteiger partial charge in [-0.2, -0.15) is 0 Å². The fourth-order valence-electron chi connectivity index (χ4n) is 1.60. The van der Waals surface area contributed by atoms with E-state index in [2.05, 4.69) is 12.2 Å². The number of primary amides is 1. The Morgan fingerprint density at radius 2 is 1.95 bits per heavy atom. The van der Waals surface area contributed by atoms with E-state index in [1.807, 2.05) is 6.92 Å². The van der Waals surface area contributed by atoms with E-state index in [1.165, 1.54) is 0 Å². The van der Waals surface area contributed by atoms with Crippen LogP contribution in [0.4, 0.5) is 0 Å². The molecule has 0 aliphatic rings. The Balaban J connectivity index is 2.38. The van der Waals surface area contributed by atoms with Gasteiger partial charge in [-0.05, 0) is 36.8 Å². The molecule has 2 amide bonds. The summed E-state index contributed by atoms with van der Waals surface area (Å²) >= 11 is 1.68. The van der Waals surface area contributed by atoms with Gasteiger partial charge < -0.3 is 11.1 Å². The highest BCUT2D eigenvalue weighted by molar-refractivity contribution is 8.00. The molecule has 0 unspecified atom stereocenters. The Morgan fingerprint density at radius 3 is 2.50 bits per heavy atom. The first-order valence-corrected chi connectivity index (χ1v) is 7.87. The number of unbranched alkanes of at least 4 members (excludes halogenated alkanes) is 1. The number of carbonyl (C=O) groups is 2. The number of nitrogens with one attached hydrogen (secondary N) is 1. The molecule has 110 valence electrons. The van der Waals surface area contributed by atoms with Gasteiger partial charge in [0.05, 0.1) is 5.25 Å². The standard InChI is InChI=1S/C15H22N2O2S/c1-3-4-9-20-11(2)15(19)17-10-12-5-7-13(8-6-12)14(16)18/h5-8,11H,3-4,9-10H2,1-2H3,(H2,16,18)(H,17,19)/t11-/m1/s1. The molecule has 0 saturated carbocycles. The third kappa shape index (κ3) is 5.65. The first-order chi connectivity index (χ1) is 9.54. The molecule has 0 aliphatic carbocycles. The molecular weight excluding hydrogens is 272 g/mol. The summed E-state index contributed by atoms with van der Waals surface area (Å²) < 4.78 is 0. The zero-order valence-electron chi connectivity index (χ0n) is 12.0. The molecule has 0 aromatic heterocycles. The monoisotopic (exact) mass is 294 g/mol. The van der Waals surface area contributed by atoms with Crippen molar-refractivity contribution in [2.75, 3.05) is 5.75 Å². The second-order valence-electron chi connectivity index (χ2n) is 4.65. The van der Waals surface area contributed by atoms with Gasteiger partial charge in [0, 0.05) is 12.1 Å². The molecule has 20 heavy (non-hydrogen) atoms. The number of benzene rings is 1. The summed E-state index contributed by atoms with van der Waals surface area (Å²) in [4.78, 5) is 22.8. The van der Waals surface area contributed by atoms with Gasteiger partial charge in [0.15, 0.2) is 0 Å². The molecule has 0 fully saturated rings. The number of hydrogen-bond acceptors (Lipinski definition) is 3. The Morgan fingerprint density at radius 1 is 1.30 bits per heavy atom. The summed E-state index contributed by atoms with van der Waals surface area (Å²) in [6, 6.07) is 6.94. The van der Waals surface area contributed by atoms with Gasteiger partial charge >= 0.3 is 0 Å². The SMILES string of the molecule is CCCCS[C@H](C)C(=O)NCc1ccc(C(N)=O)cc1. The maximum Gasteiger partial charge on any atom is 0.248 e. The highest BCUT2D eigenvalue weighted by Crippen LogP contribution is 2.13. The van der Waals surface area contributed by atoms with Crippen molar-refractivity contribution in [3.05, 3.63) is 35.4 Å². The van der Waals surface area contributed by atoms with Crippen LogP contribution in [0.25, 0.3) is 0 Å². The number of nitrogens with two attached hydrogens (primary N) is 1. The number of thioether (sulfide) groups is 1. The van der Waals surface area contributed by atoms with E-state index in [0.29, 0.717) is 12.1 Å². The van der Waals surface area contributed by atoms with Crippen LogP contribution in [-0.4, -0.2) is 22.8 Å². The van der Waals surface area contributed by atoms with E-state index in [9.17, 15) is 9.59 Å². The molecule has 1 aromatic carbocycles. The maximum atomic E-state index is 11.9. The van der Waals surface area contributed by atoms with Crippen molar-refractivity contribution in [2.24, 2.45) is 5.73 Å². The summed E-state index contributed by atoms with van der Waals surface area (Å²) in [5.74, 6) is 0.616. The van der Waals surface area contributed by atoms with Gasteiger partial charge in [0.2, 0.25) is 11.8 Å². The largest absolute Gasteiger partial charge is 0.366 e. The average molecular weight is 294 g/mol. The summed E-state index contributed by atoms with van der Waals surface area (Å²) in [6.07, 6.45) is 2.28. The van der Waals surface area contributed by atoms with Crippen LogP contribution < -0.4 is 11.1 Å². The van der Waals surface area contributed by atoms with Gasteiger partial charge in [-0.15, -0.1) is 11.8 Å². The minimum Gasteiger partial charge on any atom is -0.366 e. The first kappa shape index (κ1) is 16.6. The Labute approximate surface area is 124 Å². The van der Waals surface area contributed by atoms with Crippen LogP contribution in [-0.2, 0) is 11.3 Å². The van der Waals surface area contributed by atoms with Crippen LogP contribution in [0, 0.1) is 0 Å². The van der Waals surface area contributed by atoms with Crippen molar-refractivity contribution in [3.63, 3.8) is 0 Å². The second kappa shape index (κ2) is 8.64. The molecule has 5 heteroatoms. The lowest BCUT2D eigenvalue weighted by Crippen LogP contribution is -2.30. The van der Waals surface area contributed by atoms with E-state index in [-0.39, 0.29) is 11.2 Å². The van der Waals surface area contributed by atoms with Gasteiger partial charge in [-0.3, -0.25) is 9.59 Å². The molecule has 1 aromatic rings. The smallest absolute Gasteiger partial charge is 0.248 e. The molecule has 0 saturated heterocycles. The Kier molecular flexibility index (Phi) is 7.15. The molecule has 3 N–H and O–H groups in total. The zero-order chi connectivity index (χ0) is 15.0. The summed E-state index contributed by atoms with van der Waals surface area (Å²) in [5, 5.41) is 2.86. The molecular formula is C15H22N2O2S. The van der Waals surface area contributed by atoms with Crippen LogP contribution in [0.1, 0.15) is 42.6 Å². The van der Waals surface area contributed by atoms with Gasteiger partial charge in [-0.1, -0.05) is 25.5 Å². The zero-order valence-corrected chi connectivity index (χ0v) is 12.8. The minimum atomic E-state index is -0.443. The first-order valence-electron chi connectivity index (χ1n) is 6.82. The number of amides is 2. The van der Waals surface area contributed by atoms with E-state index in [0.717, 1.165) is 24.2 Å². The maximum absolute atomic E-state index is 11.9. The topological polar surface area (TPSA) is 72.2 Å². The molecule has 1 rings (SSSR count). The predicted octanol–water partition coefficient (Wildman–Crippen LogP) is 2.32. The van der Waals surface area contributed by atoms with Crippen molar-refractivity contribution in [3.8, 4) is 0 Å². The fourth-order valence-corrected chi connectivity index (χ4v) is 2.64. The molecule has 0 aliphatic heterocycles. The number of carbonyl (C=O) groups excluding carboxylic acids is 2. The highest BCUT2D eigenvalue weighted by atomic mass is 32.2. The molecule has 0 heterocycles. The van der Waals surface area contributed by atoms with E-state index < -0.39 is 5.91 Å². The normalized spacial score (nSPS) is 11.9. The predicted molar refractivity (Wildman–Crippen MR) is 83.6 cm³/mol. The molecule has 0 bridgehead atoms. The van der Waals surface area contributed by atoms with Gasteiger partial charge in [-0.25, -0.2) is 0 Å². The minimum absolute atomic E-state index is 0.0357. The van der Waals surface area contributed by atoms with E-state index in [4.69, 9.17) is 5.73 Å². The average Bonchev–Trinajstić information content (AvgIpc) is 2.45. The van der Waals surface area contributed by atoms with E-state index in [1.54, 1.807) is 36.0 Å². The molecule has 0 spiro atoms. The van der Waals surface area contributed by atoms with Crippen LogP contribution in [0.15, 0.2) is 24.3 Å². The highest BCUT2D eigenvalue weighted by Gasteiger charge is 2.12. The van der Waals surface area contributed by atoms with Crippen molar-refractivity contribution in [1.82, 2.24) is 5.32 Å². The fraction of sp³-hybridized carbons (Fsp3) is 0.467. The van der Waals surface area contributed by atoms with Crippen LogP contribution in [0.3, 0.4) is 0 Å². The second-order valence-corrected chi connectivity index (χ2v) is 6.09. The van der Waals surface area contributed by atoms with Crippen LogP contribution >= 0.6 is 11.8 Å². The Bertz CT molecular complexity index is 446. The quantitative estimate of drug-likeness (QED) is 0.723. The number of rotatable bonds is 8. The number of hydrogen-bond donors (Lipinski definition) is 2. The van der Waals surface area contributed by atoms with Crippen LogP contribution in [0.5, 0.6) is 0 Å². The lowest BCUT2D eigenvalue weighted by Gasteiger charge is -2.12. The summed E-state index contributed by atoms with van der Waals surface area (Å²) in [5.41, 5.74) is 6.60. The molecule has 4 nitrogen and oxygen atoms in total. The van der Waals surface area contributed by atoms with Crippen molar-refractivity contribution >= 4 is 23.6 Å². The van der Waals surface area contributed by atoms with E-state index >= 15 is 0 Å². The summed E-state index contributed by atoms with van der Waals surface area (Å²) in [7, 11) is 0. The van der Waals surface area contributed by atoms with Crippen molar-refractivity contribution in [1.29, 1.82) is 0 Å².